The first kappa shape index (κ1) is 61.6. The number of rotatable bonds is 48. The van der Waals surface area contributed by atoms with Gasteiger partial charge >= 0.3 is 17.9 Å². The second kappa shape index (κ2) is 53.2. The number of hydrogen-bond acceptors (Lipinski definition) is 6. The molecule has 1 atom stereocenters. The molecule has 0 aliphatic heterocycles. The van der Waals surface area contributed by atoms with Crippen LogP contribution in [-0.4, -0.2) is 37.2 Å². The van der Waals surface area contributed by atoms with Gasteiger partial charge in [-0.2, -0.15) is 0 Å². The molecule has 0 saturated heterocycles. The van der Waals surface area contributed by atoms with Gasteiger partial charge in [-0.15, -0.1) is 0 Å². The Kier molecular flexibility index (Phi) is 50.4. The normalized spacial score (nSPS) is 12.7. The minimum Gasteiger partial charge on any atom is -0.462 e. The van der Waals surface area contributed by atoms with E-state index in [9.17, 15) is 14.4 Å². The van der Waals surface area contributed by atoms with Gasteiger partial charge in [0.1, 0.15) is 13.2 Å². The van der Waals surface area contributed by atoms with Gasteiger partial charge in [-0.05, 0) is 96.3 Å². The Morgan fingerprint density at radius 1 is 0.323 bits per heavy atom. The number of ether oxygens (including phenoxy) is 3. The average molecular weight is 905 g/mol. The molecule has 0 bridgehead atoms. The van der Waals surface area contributed by atoms with Crippen molar-refractivity contribution >= 4 is 17.9 Å². The van der Waals surface area contributed by atoms with E-state index in [0.717, 1.165) is 122 Å². The molecule has 6 heteroatoms. The van der Waals surface area contributed by atoms with E-state index in [2.05, 4.69) is 106 Å². The summed E-state index contributed by atoms with van der Waals surface area (Å²) >= 11 is 0. The van der Waals surface area contributed by atoms with E-state index in [1.54, 1.807) is 0 Å². The SMILES string of the molecule is CC/C=C\C/C=C\C/C=C\C/C=C\C/C=C\CCCCCC(=O)O[C@H](COC(=O)CCCCCCC/C=C\C/C=C\CCCCC)COC(=O)CCCCCCCCCCCCCCC. The average Bonchev–Trinajstić information content (AvgIpc) is 3.30. The van der Waals surface area contributed by atoms with Crippen molar-refractivity contribution in [1.29, 1.82) is 0 Å². The number of carbonyl (C=O) groups excluding carboxylic acids is 3. The van der Waals surface area contributed by atoms with Gasteiger partial charge in [-0.1, -0.05) is 221 Å². The lowest BCUT2D eigenvalue weighted by Crippen LogP contribution is -2.30. The lowest BCUT2D eigenvalue weighted by atomic mass is 10.0. The number of esters is 3. The van der Waals surface area contributed by atoms with Crippen molar-refractivity contribution in [3.05, 3.63) is 85.1 Å². The third-order valence-corrected chi connectivity index (χ3v) is 11.4. The van der Waals surface area contributed by atoms with Crippen LogP contribution in [0.4, 0.5) is 0 Å². The zero-order valence-electron chi connectivity index (χ0n) is 42.5. The van der Waals surface area contributed by atoms with Crippen molar-refractivity contribution < 1.29 is 28.6 Å². The first-order valence-corrected chi connectivity index (χ1v) is 27.1. The highest BCUT2D eigenvalue weighted by Crippen LogP contribution is 2.15. The van der Waals surface area contributed by atoms with Gasteiger partial charge in [0.15, 0.2) is 6.10 Å². The largest absolute Gasteiger partial charge is 0.462 e. The Hall–Kier alpha value is -3.41. The molecule has 0 aromatic carbocycles. The fraction of sp³-hybridized carbons (Fsp3) is 0.712. The molecule has 0 unspecified atom stereocenters. The van der Waals surface area contributed by atoms with E-state index >= 15 is 0 Å². The lowest BCUT2D eigenvalue weighted by molar-refractivity contribution is -0.167. The van der Waals surface area contributed by atoms with Crippen molar-refractivity contribution in [1.82, 2.24) is 0 Å². The van der Waals surface area contributed by atoms with Gasteiger partial charge in [-0.25, -0.2) is 0 Å². The summed E-state index contributed by atoms with van der Waals surface area (Å²) in [5.41, 5.74) is 0. The Balaban J connectivity index is 4.47. The summed E-state index contributed by atoms with van der Waals surface area (Å²) in [6, 6.07) is 0. The minimum absolute atomic E-state index is 0.0932. The molecule has 0 saturated carbocycles. The molecule has 372 valence electrons. The molecular formula is C59H100O6. The molecule has 0 amide bonds. The van der Waals surface area contributed by atoms with Gasteiger partial charge in [0.25, 0.3) is 0 Å². The van der Waals surface area contributed by atoms with Crippen molar-refractivity contribution in [2.75, 3.05) is 13.2 Å². The Labute approximate surface area is 401 Å². The van der Waals surface area contributed by atoms with Crippen LogP contribution in [0.3, 0.4) is 0 Å². The topological polar surface area (TPSA) is 78.9 Å². The van der Waals surface area contributed by atoms with Gasteiger partial charge in [-0.3, -0.25) is 14.4 Å². The van der Waals surface area contributed by atoms with Crippen molar-refractivity contribution in [3.8, 4) is 0 Å². The summed E-state index contributed by atoms with van der Waals surface area (Å²) in [7, 11) is 0. The van der Waals surface area contributed by atoms with E-state index < -0.39 is 6.10 Å². The zero-order valence-corrected chi connectivity index (χ0v) is 42.5. The third kappa shape index (κ3) is 51.4. The number of hydrogen-bond donors (Lipinski definition) is 0. The zero-order chi connectivity index (χ0) is 47.2. The monoisotopic (exact) mass is 905 g/mol. The fourth-order valence-corrected chi connectivity index (χ4v) is 7.32. The molecule has 0 rings (SSSR count). The molecule has 0 fully saturated rings. The van der Waals surface area contributed by atoms with Crippen LogP contribution in [0.25, 0.3) is 0 Å². The van der Waals surface area contributed by atoms with Crippen LogP contribution in [0, 0.1) is 0 Å². The maximum absolute atomic E-state index is 12.8. The van der Waals surface area contributed by atoms with Crippen molar-refractivity contribution in [2.45, 2.75) is 258 Å². The van der Waals surface area contributed by atoms with E-state index in [4.69, 9.17) is 14.2 Å². The summed E-state index contributed by atoms with van der Waals surface area (Å²) in [6.07, 6.45) is 68.5. The molecule has 6 nitrogen and oxygen atoms in total. The first-order chi connectivity index (χ1) is 32.0. The second-order valence-electron chi connectivity index (χ2n) is 17.8. The first-order valence-electron chi connectivity index (χ1n) is 27.1. The van der Waals surface area contributed by atoms with Crippen LogP contribution in [0.15, 0.2) is 85.1 Å². The van der Waals surface area contributed by atoms with E-state index in [1.807, 2.05) is 0 Å². The molecular weight excluding hydrogens is 805 g/mol. The van der Waals surface area contributed by atoms with Crippen LogP contribution in [0.2, 0.25) is 0 Å². The Morgan fingerprint density at radius 3 is 0.985 bits per heavy atom. The third-order valence-electron chi connectivity index (χ3n) is 11.4. The smallest absolute Gasteiger partial charge is 0.306 e. The number of allylic oxidation sites excluding steroid dienone is 14. The molecule has 0 radical (unpaired) electrons. The standard InChI is InChI=1S/C59H100O6/c1-4-7-10-13-16-19-22-25-27-28-29-30-32-35-38-41-44-47-50-53-59(62)65-56(54-63-57(60)51-48-45-42-39-36-33-24-21-18-15-12-9-6-3)55-64-58(61)52-49-46-43-40-37-34-31-26-23-20-17-14-11-8-5-2/h7,10,16-17,19-20,25-27,29-31,35,38,56H,4-6,8-9,11-15,18,21-24,28,32-34,36-37,39-55H2,1-3H3/b10-7-,19-16-,20-17-,27-25-,30-29-,31-26-,38-35-/t56-/m0/s1. The minimum atomic E-state index is -0.798. The van der Waals surface area contributed by atoms with Gasteiger partial charge in [0.2, 0.25) is 0 Å². The summed E-state index contributed by atoms with van der Waals surface area (Å²) in [4.78, 5) is 38.0. The number of carbonyl (C=O) groups is 3. The van der Waals surface area contributed by atoms with Crippen LogP contribution in [0.1, 0.15) is 252 Å². The molecule has 0 aliphatic carbocycles. The van der Waals surface area contributed by atoms with Crippen LogP contribution in [0.5, 0.6) is 0 Å². The Bertz CT molecular complexity index is 1270. The maximum atomic E-state index is 12.8. The number of unbranched alkanes of at least 4 members (excludes halogenated alkanes) is 23. The second-order valence-corrected chi connectivity index (χ2v) is 17.8. The highest BCUT2D eigenvalue weighted by molar-refractivity contribution is 5.71. The molecule has 0 aliphatic rings. The van der Waals surface area contributed by atoms with Gasteiger partial charge in [0.05, 0.1) is 0 Å². The van der Waals surface area contributed by atoms with E-state index in [1.165, 1.54) is 89.9 Å². The van der Waals surface area contributed by atoms with Gasteiger partial charge in [0, 0.05) is 19.3 Å². The fourth-order valence-electron chi connectivity index (χ4n) is 7.32. The summed E-state index contributed by atoms with van der Waals surface area (Å²) < 4.78 is 16.8. The van der Waals surface area contributed by atoms with E-state index in [0.29, 0.717) is 12.8 Å². The van der Waals surface area contributed by atoms with Gasteiger partial charge < -0.3 is 14.2 Å². The predicted octanol–water partition coefficient (Wildman–Crippen LogP) is 18.0. The van der Waals surface area contributed by atoms with Crippen molar-refractivity contribution in [3.63, 3.8) is 0 Å². The predicted molar refractivity (Wildman–Crippen MR) is 279 cm³/mol. The van der Waals surface area contributed by atoms with Crippen molar-refractivity contribution in [2.24, 2.45) is 0 Å². The molecule has 0 spiro atoms. The summed E-state index contributed by atoms with van der Waals surface area (Å²) in [5, 5.41) is 0. The van der Waals surface area contributed by atoms with Crippen LogP contribution in [-0.2, 0) is 28.6 Å². The maximum Gasteiger partial charge on any atom is 0.306 e. The van der Waals surface area contributed by atoms with Crippen LogP contribution >= 0.6 is 0 Å². The molecule has 0 aromatic rings. The molecule has 65 heavy (non-hydrogen) atoms. The van der Waals surface area contributed by atoms with E-state index in [-0.39, 0.29) is 37.5 Å². The lowest BCUT2D eigenvalue weighted by Gasteiger charge is -2.18. The Morgan fingerprint density at radius 2 is 0.600 bits per heavy atom. The van der Waals surface area contributed by atoms with Crippen LogP contribution < -0.4 is 0 Å². The summed E-state index contributed by atoms with van der Waals surface area (Å²) in [5.74, 6) is -0.937. The molecule has 0 heterocycles. The quantitative estimate of drug-likeness (QED) is 0.0262. The summed E-state index contributed by atoms with van der Waals surface area (Å²) in [6.45, 7) is 6.46. The molecule has 0 aromatic heterocycles. The highest BCUT2D eigenvalue weighted by atomic mass is 16.6. The highest BCUT2D eigenvalue weighted by Gasteiger charge is 2.19. The molecule has 0 N–H and O–H groups in total.